The van der Waals surface area contributed by atoms with Crippen molar-refractivity contribution < 1.29 is 9.85 Å². The number of rotatable bonds is 8. The van der Waals surface area contributed by atoms with Gasteiger partial charge in [0.1, 0.15) is 0 Å². The minimum atomic E-state index is -1.11. The lowest BCUT2D eigenvalue weighted by molar-refractivity contribution is -0.531. The van der Waals surface area contributed by atoms with Crippen LogP contribution < -0.4 is 9.80 Å². The van der Waals surface area contributed by atoms with E-state index in [1.165, 1.54) is 24.3 Å². The molecule has 166 valence electrons. The molecule has 0 bridgehead atoms. The van der Waals surface area contributed by atoms with Crippen LogP contribution in [0.4, 0.5) is 17.1 Å². The third-order valence-electron chi connectivity index (χ3n) is 5.53. The zero-order chi connectivity index (χ0) is 23.4. The lowest BCUT2D eigenvalue weighted by Gasteiger charge is -2.24. The Morgan fingerprint density at radius 3 is 1.31 bits per heavy atom. The van der Waals surface area contributed by atoms with E-state index in [-0.39, 0.29) is 10.6 Å². The average molecular weight is 434 g/mol. The minimum absolute atomic E-state index is 0.0990. The van der Waals surface area contributed by atoms with Crippen molar-refractivity contribution in [3.63, 3.8) is 0 Å². The molecule has 0 radical (unpaired) electrons. The van der Waals surface area contributed by atoms with Crippen molar-refractivity contribution >= 4 is 17.1 Å². The maximum absolute atomic E-state index is 12.3. The van der Waals surface area contributed by atoms with Crippen LogP contribution in [0.3, 0.4) is 0 Å². The first-order valence-electron chi connectivity index (χ1n) is 10.1. The van der Waals surface area contributed by atoms with Crippen molar-refractivity contribution in [1.82, 2.24) is 0 Å². The van der Waals surface area contributed by atoms with Gasteiger partial charge in [0.2, 0.25) is 6.04 Å². The summed E-state index contributed by atoms with van der Waals surface area (Å²) in [5, 5.41) is 23.3. The molecular formula is C24H26N4O4. The van der Waals surface area contributed by atoms with Gasteiger partial charge in [0.25, 0.3) is 5.69 Å². The van der Waals surface area contributed by atoms with Crippen LogP contribution in [0.15, 0.2) is 72.8 Å². The Balaban J connectivity index is 2.13. The molecule has 3 rings (SSSR count). The van der Waals surface area contributed by atoms with Gasteiger partial charge in [0.15, 0.2) is 0 Å². The van der Waals surface area contributed by atoms with Crippen molar-refractivity contribution in [2.24, 2.45) is 0 Å². The summed E-state index contributed by atoms with van der Waals surface area (Å²) in [4.78, 5) is 26.4. The molecule has 0 saturated carbocycles. The van der Waals surface area contributed by atoms with E-state index >= 15 is 0 Å². The first kappa shape index (κ1) is 22.7. The lowest BCUT2D eigenvalue weighted by Crippen LogP contribution is -2.21. The molecule has 0 saturated heterocycles. The summed E-state index contributed by atoms with van der Waals surface area (Å²) in [6.07, 6.45) is 0. The van der Waals surface area contributed by atoms with Gasteiger partial charge in [0.05, 0.1) is 10.8 Å². The van der Waals surface area contributed by atoms with Gasteiger partial charge in [-0.05, 0) is 47.5 Å². The molecule has 1 atom stereocenters. The summed E-state index contributed by atoms with van der Waals surface area (Å²) in [5.74, 6) is -0.570. The molecule has 3 aromatic carbocycles. The zero-order valence-corrected chi connectivity index (χ0v) is 18.5. The Morgan fingerprint density at radius 1 is 0.625 bits per heavy atom. The number of nitrogens with zero attached hydrogens (tertiary/aromatic N) is 4. The van der Waals surface area contributed by atoms with E-state index in [4.69, 9.17) is 0 Å². The molecule has 3 aromatic rings. The highest BCUT2D eigenvalue weighted by Crippen LogP contribution is 2.40. The second-order valence-corrected chi connectivity index (χ2v) is 8.03. The number of benzene rings is 3. The lowest BCUT2D eigenvalue weighted by atomic mass is 9.82. The Bertz CT molecular complexity index is 1030. The van der Waals surface area contributed by atoms with Crippen molar-refractivity contribution in [3.8, 4) is 0 Å². The summed E-state index contributed by atoms with van der Waals surface area (Å²) in [6, 6.07) is 19.8. The van der Waals surface area contributed by atoms with Gasteiger partial charge in [-0.1, -0.05) is 24.3 Å². The first-order chi connectivity index (χ1) is 15.2. The van der Waals surface area contributed by atoms with E-state index in [9.17, 15) is 20.2 Å². The smallest absolute Gasteiger partial charge is 0.269 e. The van der Waals surface area contributed by atoms with E-state index in [1.54, 1.807) is 0 Å². The second kappa shape index (κ2) is 9.47. The van der Waals surface area contributed by atoms with Crippen molar-refractivity contribution in [2.45, 2.75) is 12.0 Å². The summed E-state index contributed by atoms with van der Waals surface area (Å²) in [5.41, 5.74) is 3.89. The first-order valence-corrected chi connectivity index (χ1v) is 10.1. The molecule has 0 heterocycles. The summed E-state index contributed by atoms with van der Waals surface area (Å²) in [6.45, 7) is 0. The molecule has 0 aliphatic rings. The van der Waals surface area contributed by atoms with Crippen molar-refractivity contribution in [1.29, 1.82) is 0 Å². The SMILES string of the molecule is CN(C)c1ccc(C(c2ccc(N(C)C)cc2)C(c2ccc([N+](=O)[O-])cc2)[N+](=O)[O-])cc1. The third-order valence-corrected chi connectivity index (χ3v) is 5.53. The maximum Gasteiger partial charge on any atom is 0.269 e. The Hall–Kier alpha value is -3.94. The number of non-ortho nitro benzene ring substituents is 1. The maximum atomic E-state index is 12.3. The highest BCUT2D eigenvalue weighted by molar-refractivity contribution is 5.51. The van der Waals surface area contributed by atoms with E-state index < -0.39 is 16.9 Å². The van der Waals surface area contributed by atoms with Gasteiger partial charge in [-0.3, -0.25) is 20.2 Å². The standard InChI is InChI=1S/C24H26N4O4/c1-25(2)20-11-5-17(6-12-20)23(18-7-13-21(14-8-18)26(3)4)24(28(31)32)19-9-15-22(16-10-19)27(29)30/h5-16,23-24H,1-4H3. The monoisotopic (exact) mass is 434 g/mol. The Morgan fingerprint density at radius 2 is 1.00 bits per heavy atom. The molecule has 0 N–H and O–H groups in total. The number of nitro benzene ring substituents is 1. The number of hydrogen-bond acceptors (Lipinski definition) is 6. The molecule has 0 spiro atoms. The summed E-state index contributed by atoms with van der Waals surface area (Å²) < 4.78 is 0. The zero-order valence-electron chi connectivity index (χ0n) is 18.5. The van der Waals surface area contributed by atoms with Crippen LogP contribution in [-0.4, -0.2) is 38.0 Å². The van der Waals surface area contributed by atoms with E-state index in [0.29, 0.717) is 5.56 Å². The Kier molecular flexibility index (Phi) is 6.73. The van der Waals surface area contributed by atoms with Crippen LogP contribution in [-0.2, 0) is 0 Å². The fourth-order valence-corrected chi connectivity index (χ4v) is 3.75. The van der Waals surface area contributed by atoms with Gasteiger partial charge in [-0.2, -0.15) is 0 Å². The van der Waals surface area contributed by atoms with Crippen molar-refractivity contribution in [3.05, 3.63) is 110 Å². The van der Waals surface area contributed by atoms with Crippen LogP contribution in [0.2, 0.25) is 0 Å². The number of anilines is 2. The van der Waals surface area contributed by atoms with Crippen LogP contribution in [0.25, 0.3) is 0 Å². The summed E-state index contributed by atoms with van der Waals surface area (Å²) >= 11 is 0. The number of hydrogen-bond donors (Lipinski definition) is 0. The van der Waals surface area contributed by atoms with Gasteiger partial charge in [-0.15, -0.1) is 0 Å². The van der Waals surface area contributed by atoms with Gasteiger partial charge >= 0.3 is 0 Å². The van der Waals surface area contributed by atoms with Crippen LogP contribution >= 0.6 is 0 Å². The minimum Gasteiger partial charge on any atom is -0.378 e. The van der Waals surface area contributed by atoms with Gasteiger partial charge in [-0.25, -0.2) is 0 Å². The van der Waals surface area contributed by atoms with Gasteiger partial charge < -0.3 is 9.80 Å². The highest BCUT2D eigenvalue weighted by atomic mass is 16.6. The Labute approximate surface area is 187 Å². The second-order valence-electron chi connectivity index (χ2n) is 8.03. The molecule has 0 aliphatic heterocycles. The predicted octanol–water partition coefficient (Wildman–Crippen LogP) is 4.88. The quantitative estimate of drug-likeness (QED) is 0.371. The fourth-order valence-electron chi connectivity index (χ4n) is 3.75. The molecule has 0 amide bonds. The van der Waals surface area contributed by atoms with Gasteiger partial charge in [0, 0.05) is 62.2 Å². The summed E-state index contributed by atoms with van der Waals surface area (Å²) in [7, 11) is 7.73. The molecule has 32 heavy (non-hydrogen) atoms. The molecule has 1 unspecified atom stereocenters. The molecule has 0 aliphatic carbocycles. The third kappa shape index (κ3) is 4.85. The van der Waals surface area contributed by atoms with E-state index in [2.05, 4.69) is 0 Å². The molecule has 0 aromatic heterocycles. The van der Waals surface area contributed by atoms with E-state index in [1.807, 2.05) is 86.5 Å². The molecule has 8 nitrogen and oxygen atoms in total. The van der Waals surface area contributed by atoms with Crippen LogP contribution in [0.5, 0.6) is 0 Å². The molecule has 8 heteroatoms. The van der Waals surface area contributed by atoms with Crippen LogP contribution in [0.1, 0.15) is 28.7 Å². The predicted molar refractivity (Wildman–Crippen MR) is 126 cm³/mol. The topological polar surface area (TPSA) is 92.8 Å². The highest BCUT2D eigenvalue weighted by Gasteiger charge is 2.36. The normalized spacial score (nSPS) is 11.8. The largest absolute Gasteiger partial charge is 0.378 e. The fraction of sp³-hybridized carbons (Fsp3) is 0.250. The molecular weight excluding hydrogens is 408 g/mol. The van der Waals surface area contributed by atoms with Crippen molar-refractivity contribution in [2.75, 3.05) is 38.0 Å². The average Bonchev–Trinajstić information content (AvgIpc) is 2.77. The van der Waals surface area contributed by atoms with E-state index in [0.717, 1.165) is 22.5 Å². The van der Waals surface area contributed by atoms with Crippen LogP contribution in [0, 0.1) is 20.2 Å². The number of nitro groups is 2. The molecule has 0 fully saturated rings.